The van der Waals surface area contributed by atoms with Gasteiger partial charge < -0.3 is 0 Å². The molecule has 1 heteroatoms. The zero-order chi connectivity index (χ0) is 26.5. The Balaban J connectivity index is 1.34. The highest BCUT2D eigenvalue weighted by atomic mass is 31.1. The summed E-state index contributed by atoms with van der Waals surface area (Å²) in [4.78, 5) is 0. The normalized spacial score (nSPS) is 40.5. The summed E-state index contributed by atoms with van der Waals surface area (Å²) in [7, 11) is -0.0494. The van der Waals surface area contributed by atoms with Crippen LogP contribution in [0.15, 0.2) is 12.1 Å². The fourth-order valence-electron chi connectivity index (χ4n) is 12.1. The van der Waals surface area contributed by atoms with Crippen molar-refractivity contribution in [2.45, 2.75) is 154 Å². The molecule has 0 unspecified atom stereocenters. The molecule has 1 aromatic carbocycles. The lowest BCUT2D eigenvalue weighted by molar-refractivity contribution is 0.0136. The Morgan fingerprint density at radius 2 is 0.923 bits per heavy atom. The monoisotopic (exact) mass is 546 g/mol. The maximum absolute atomic E-state index is 2.83. The maximum atomic E-state index is 2.83. The van der Waals surface area contributed by atoms with Crippen molar-refractivity contribution in [2.75, 3.05) is 0 Å². The van der Waals surface area contributed by atoms with Crippen molar-refractivity contribution in [2.24, 2.45) is 47.3 Å². The molecule has 0 heterocycles. The number of hydrogen-bond acceptors (Lipinski definition) is 0. The summed E-state index contributed by atoms with van der Waals surface area (Å²) in [5, 5.41) is 2.00. The first-order chi connectivity index (χ1) is 19.2. The minimum absolute atomic E-state index is 0.0494. The zero-order valence-corrected chi connectivity index (χ0v) is 26.7. The van der Waals surface area contributed by atoms with E-state index in [0.29, 0.717) is 0 Å². The molecule has 0 aliphatic heterocycles. The van der Waals surface area contributed by atoms with Crippen molar-refractivity contribution in [3.05, 3.63) is 28.8 Å². The first kappa shape index (κ1) is 27.5. The molecule has 0 spiro atoms. The van der Waals surface area contributed by atoms with Crippen molar-refractivity contribution in [1.29, 1.82) is 0 Å². The molecule has 1 aromatic rings. The zero-order valence-electron chi connectivity index (χ0n) is 25.8. The predicted molar refractivity (Wildman–Crippen MR) is 170 cm³/mol. The molecule has 8 fully saturated rings. The topological polar surface area (TPSA) is 0 Å². The van der Waals surface area contributed by atoms with Crippen molar-refractivity contribution in [3.8, 4) is 0 Å². The summed E-state index contributed by atoms with van der Waals surface area (Å²) in [6.07, 6.45) is 28.4. The second kappa shape index (κ2) is 11.7. The van der Waals surface area contributed by atoms with Crippen LogP contribution >= 0.6 is 7.92 Å². The van der Waals surface area contributed by atoms with Crippen LogP contribution in [0.3, 0.4) is 0 Å². The molecule has 0 nitrogen and oxygen atoms in total. The molecule has 216 valence electrons. The van der Waals surface area contributed by atoms with E-state index < -0.39 is 0 Å². The van der Waals surface area contributed by atoms with E-state index in [-0.39, 0.29) is 7.92 Å². The van der Waals surface area contributed by atoms with Crippen LogP contribution in [0.25, 0.3) is 0 Å². The third-order valence-electron chi connectivity index (χ3n) is 13.1. The highest BCUT2D eigenvalue weighted by molar-refractivity contribution is 7.67. The number of hydrogen-bond donors (Lipinski definition) is 0. The average molecular weight is 547 g/mol. The molecule has 0 aromatic heterocycles. The highest BCUT2D eigenvalue weighted by Gasteiger charge is 2.57. The molecule has 39 heavy (non-hydrogen) atoms. The number of rotatable bonds is 12. The van der Waals surface area contributed by atoms with Crippen LogP contribution in [0.5, 0.6) is 0 Å². The SMILES string of the molecule is CCCCc1ccc(P(C2C3CC4CC(C3)CC2C4)C2C3CC4CC(C3)CC2C4)c(CCCC)c1CCCC. The number of aryl methyl sites for hydroxylation is 1. The molecule has 0 N–H and O–H groups in total. The maximum Gasteiger partial charge on any atom is -0.0109 e. The van der Waals surface area contributed by atoms with Crippen LogP contribution in [-0.4, -0.2) is 11.3 Å². The number of unbranched alkanes of at least 4 members (excludes halogenated alkanes) is 3. The van der Waals surface area contributed by atoms with Gasteiger partial charge in [-0.15, -0.1) is 0 Å². The molecule has 8 saturated carbocycles. The Bertz CT molecular complexity index is 893. The summed E-state index contributed by atoms with van der Waals surface area (Å²) < 4.78 is 0. The van der Waals surface area contributed by atoms with Crippen LogP contribution < -0.4 is 5.30 Å². The fourth-order valence-corrected chi connectivity index (χ4v) is 16.7. The van der Waals surface area contributed by atoms with E-state index in [1.54, 1.807) is 69.8 Å². The minimum Gasteiger partial charge on any atom is -0.0675 e. The smallest absolute Gasteiger partial charge is 0.0109 e. The quantitative estimate of drug-likeness (QED) is 0.229. The molecule has 0 atom stereocenters. The largest absolute Gasteiger partial charge is 0.0675 e. The van der Waals surface area contributed by atoms with Crippen molar-refractivity contribution >= 4 is 13.2 Å². The predicted octanol–water partition coefficient (Wildman–Crippen LogP) is 10.5. The Hall–Kier alpha value is -0.350. The Kier molecular flexibility index (Phi) is 8.27. The van der Waals surface area contributed by atoms with E-state index in [0.717, 1.165) is 58.7 Å². The molecule has 8 aliphatic carbocycles. The molecule has 9 rings (SSSR count). The summed E-state index contributed by atoms with van der Waals surface area (Å²) in [6, 6.07) is 5.54. The van der Waals surface area contributed by atoms with Gasteiger partial charge in [-0.3, -0.25) is 0 Å². The Morgan fingerprint density at radius 1 is 0.513 bits per heavy atom. The van der Waals surface area contributed by atoms with Crippen LogP contribution in [0.4, 0.5) is 0 Å². The van der Waals surface area contributed by atoms with Gasteiger partial charge in [0.15, 0.2) is 0 Å². The van der Waals surface area contributed by atoms with Gasteiger partial charge >= 0.3 is 0 Å². The van der Waals surface area contributed by atoms with Gasteiger partial charge in [-0.2, -0.15) is 0 Å². The molecule has 8 bridgehead atoms. The molecular weight excluding hydrogens is 487 g/mol. The van der Waals surface area contributed by atoms with Gasteiger partial charge in [0.25, 0.3) is 0 Å². The summed E-state index contributed by atoms with van der Waals surface area (Å²) in [6.45, 7) is 7.23. The van der Waals surface area contributed by atoms with E-state index in [2.05, 4.69) is 32.9 Å². The third-order valence-corrected chi connectivity index (χ3v) is 17.1. The summed E-state index contributed by atoms with van der Waals surface area (Å²) in [5.74, 6) is 8.77. The van der Waals surface area contributed by atoms with E-state index in [9.17, 15) is 0 Å². The first-order valence-electron chi connectivity index (χ1n) is 18.1. The van der Waals surface area contributed by atoms with E-state index in [1.807, 2.05) is 16.4 Å². The molecule has 8 aliphatic rings. The molecule has 0 saturated heterocycles. The van der Waals surface area contributed by atoms with Crippen LogP contribution in [-0.2, 0) is 19.3 Å². The highest BCUT2D eigenvalue weighted by Crippen LogP contribution is 2.71. The van der Waals surface area contributed by atoms with Gasteiger partial charge in [-0.05, 0) is 183 Å². The second-order valence-electron chi connectivity index (χ2n) is 15.8. The molecule has 0 radical (unpaired) electrons. The average Bonchev–Trinajstić information content (AvgIpc) is 2.92. The number of benzene rings is 1. The van der Waals surface area contributed by atoms with Gasteiger partial charge in [0, 0.05) is 0 Å². The van der Waals surface area contributed by atoms with Crippen LogP contribution in [0.1, 0.15) is 140 Å². The van der Waals surface area contributed by atoms with Crippen LogP contribution in [0.2, 0.25) is 0 Å². The lowest BCUT2D eigenvalue weighted by Gasteiger charge is -2.62. The van der Waals surface area contributed by atoms with Gasteiger partial charge in [-0.1, -0.05) is 60.1 Å². The third kappa shape index (κ3) is 5.12. The van der Waals surface area contributed by atoms with Gasteiger partial charge in [-0.25, -0.2) is 0 Å². The van der Waals surface area contributed by atoms with Crippen molar-refractivity contribution in [3.63, 3.8) is 0 Å². The Morgan fingerprint density at radius 3 is 1.36 bits per heavy atom. The summed E-state index contributed by atoms with van der Waals surface area (Å²) in [5.41, 5.74) is 7.72. The van der Waals surface area contributed by atoms with Crippen LogP contribution in [0, 0.1) is 47.3 Å². The second-order valence-corrected chi connectivity index (χ2v) is 18.3. The van der Waals surface area contributed by atoms with Crippen molar-refractivity contribution < 1.29 is 0 Å². The minimum atomic E-state index is -0.0494. The van der Waals surface area contributed by atoms with E-state index in [4.69, 9.17) is 0 Å². The summed E-state index contributed by atoms with van der Waals surface area (Å²) >= 11 is 0. The van der Waals surface area contributed by atoms with Gasteiger partial charge in [0.05, 0.1) is 0 Å². The Labute approximate surface area is 243 Å². The molecular formula is C38H59P. The fraction of sp³-hybridized carbons (Fsp3) is 0.842. The van der Waals surface area contributed by atoms with Gasteiger partial charge in [0.1, 0.15) is 0 Å². The van der Waals surface area contributed by atoms with E-state index in [1.165, 1.54) is 57.8 Å². The standard InChI is InChI=1S/C38H59P/c1-4-7-10-29-13-14-36(35(12-9-6-3)34(29)11-8-5-2)39(37-30-17-25-15-26(19-30)20-31(37)18-25)38-32-21-27-16-28(23-32)24-33(38)22-27/h13-14,25-28,30-33,37-38H,4-12,15-24H2,1-3H3. The lowest BCUT2D eigenvalue weighted by atomic mass is 9.55. The first-order valence-corrected chi connectivity index (χ1v) is 19.6. The van der Waals surface area contributed by atoms with E-state index >= 15 is 0 Å². The lowest BCUT2D eigenvalue weighted by Crippen LogP contribution is -2.54. The van der Waals surface area contributed by atoms with Gasteiger partial charge in [0.2, 0.25) is 0 Å². The molecule has 0 amide bonds. The van der Waals surface area contributed by atoms with Crippen molar-refractivity contribution in [1.82, 2.24) is 0 Å².